The highest BCUT2D eigenvalue weighted by atomic mass is 35.5. The van der Waals surface area contributed by atoms with Crippen LogP contribution in [0.2, 0.25) is 5.02 Å². The summed E-state index contributed by atoms with van der Waals surface area (Å²) in [6.07, 6.45) is -0.888. The lowest BCUT2D eigenvalue weighted by molar-refractivity contribution is -0.141. The number of hydrogen-bond acceptors (Lipinski definition) is 8. The number of rotatable bonds is 10. The molecule has 3 aromatic rings. The van der Waals surface area contributed by atoms with Crippen LogP contribution in [0.5, 0.6) is 5.75 Å². The number of amides is 2. The molecule has 1 fully saturated rings. The Kier molecular flexibility index (Phi) is 10.0. The zero-order valence-corrected chi connectivity index (χ0v) is 23.3. The Labute approximate surface area is 247 Å². The zero-order chi connectivity index (χ0) is 31.3. The molecule has 2 aromatic carbocycles. The molecule has 1 aromatic heterocycles. The van der Waals surface area contributed by atoms with Crippen LogP contribution in [-0.2, 0) is 19.1 Å². The predicted molar refractivity (Wildman–Crippen MR) is 143 cm³/mol. The molecular formula is C28H25ClF3N3O8. The van der Waals surface area contributed by atoms with Crippen molar-refractivity contribution in [3.05, 3.63) is 70.1 Å². The van der Waals surface area contributed by atoms with Gasteiger partial charge in [0.15, 0.2) is 34.6 Å². The smallest absolute Gasteiger partial charge is 0.305 e. The summed E-state index contributed by atoms with van der Waals surface area (Å²) in [7, 11) is 0. The molecule has 1 aliphatic rings. The largest absolute Gasteiger partial charge is 0.481 e. The summed E-state index contributed by atoms with van der Waals surface area (Å²) in [5.41, 5.74) is 0.178. The van der Waals surface area contributed by atoms with Crippen molar-refractivity contribution in [2.24, 2.45) is 5.92 Å². The maximum absolute atomic E-state index is 14.3. The van der Waals surface area contributed by atoms with Crippen LogP contribution in [-0.4, -0.2) is 77.7 Å². The minimum Gasteiger partial charge on any atom is -0.481 e. The van der Waals surface area contributed by atoms with Crippen LogP contribution in [0.3, 0.4) is 0 Å². The molecule has 0 saturated carbocycles. The zero-order valence-electron chi connectivity index (χ0n) is 22.6. The van der Waals surface area contributed by atoms with Crippen LogP contribution in [0.4, 0.5) is 13.2 Å². The van der Waals surface area contributed by atoms with Crippen LogP contribution in [0, 0.1) is 30.3 Å². The molecule has 0 aliphatic carbocycles. The molecule has 228 valence electrons. The molecule has 4 rings (SSSR count). The van der Waals surface area contributed by atoms with E-state index in [0.717, 1.165) is 6.92 Å². The summed E-state index contributed by atoms with van der Waals surface area (Å²) in [4.78, 5) is 51.8. The number of nitrogens with zero attached hydrogens (tertiary/aromatic N) is 2. The van der Waals surface area contributed by atoms with E-state index in [4.69, 9.17) is 25.6 Å². The van der Waals surface area contributed by atoms with Gasteiger partial charge >= 0.3 is 5.97 Å². The van der Waals surface area contributed by atoms with Crippen molar-refractivity contribution in [1.82, 2.24) is 15.4 Å². The highest BCUT2D eigenvalue weighted by Gasteiger charge is 2.33. The van der Waals surface area contributed by atoms with Gasteiger partial charge in [0, 0.05) is 24.7 Å². The second kappa shape index (κ2) is 13.7. The first kappa shape index (κ1) is 31.5. The van der Waals surface area contributed by atoms with Crippen LogP contribution >= 0.6 is 11.6 Å². The fourth-order valence-electron chi connectivity index (χ4n) is 4.26. The van der Waals surface area contributed by atoms with Gasteiger partial charge in [-0.25, -0.2) is 8.78 Å². The minimum absolute atomic E-state index is 0.0564. The summed E-state index contributed by atoms with van der Waals surface area (Å²) in [6.45, 7) is -0.0955. The lowest BCUT2D eigenvalue weighted by Gasteiger charge is -2.24. The van der Waals surface area contributed by atoms with Crippen LogP contribution < -0.4 is 10.1 Å². The Bertz CT molecular complexity index is 1520. The number of carboxylic acid groups (broad SMARTS) is 1. The van der Waals surface area contributed by atoms with Crippen molar-refractivity contribution in [2.45, 2.75) is 19.4 Å². The highest BCUT2D eigenvalue weighted by Crippen LogP contribution is 2.29. The van der Waals surface area contributed by atoms with Gasteiger partial charge in [0.25, 0.3) is 5.91 Å². The number of aryl methyl sites for hydroxylation is 1. The van der Waals surface area contributed by atoms with E-state index in [1.165, 1.54) is 11.0 Å². The van der Waals surface area contributed by atoms with E-state index in [9.17, 15) is 37.5 Å². The molecule has 1 aliphatic heterocycles. The number of ether oxygens (including phenoxy) is 2. The topological polar surface area (TPSA) is 148 Å². The highest BCUT2D eigenvalue weighted by molar-refractivity contribution is 6.33. The molecule has 0 spiro atoms. The number of carbonyl (C=O) groups is 4. The van der Waals surface area contributed by atoms with E-state index in [2.05, 4.69) is 10.5 Å². The van der Waals surface area contributed by atoms with Gasteiger partial charge in [0.05, 0.1) is 30.6 Å². The molecule has 2 N–H and O–H groups in total. The van der Waals surface area contributed by atoms with E-state index < -0.39 is 71.8 Å². The fraction of sp³-hybridized carbons (Fsp3) is 0.321. The molecule has 0 radical (unpaired) electrons. The average Bonchev–Trinajstić information content (AvgIpc) is 3.32. The lowest BCUT2D eigenvalue weighted by Crippen LogP contribution is -2.49. The number of carboxylic acids is 1. The third-order valence-electron chi connectivity index (χ3n) is 6.53. The number of ketones is 1. The number of halogens is 4. The Morgan fingerprint density at radius 1 is 1.19 bits per heavy atom. The van der Waals surface area contributed by atoms with E-state index in [1.807, 2.05) is 0 Å². The number of carbonyl (C=O) groups excluding carboxylic acids is 3. The number of Topliss-reactive ketones (excluding diaryl/α,β-unsaturated/α-hetero) is 1. The first-order chi connectivity index (χ1) is 20.5. The van der Waals surface area contributed by atoms with E-state index in [-0.39, 0.29) is 43.3 Å². The molecular weight excluding hydrogens is 599 g/mol. The van der Waals surface area contributed by atoms with Gasteiger partial charge < -0.3 is 29.3 Å². The Morgan fingerprint density at radius 3 is 2.65 bits per heavy atom. The molecule has 15 heteroatoms. The molecule has 11 nitrogen and oxygen atoms in total. The summed E-state index contributed by atoms with van der Waals surface area (Å²) in [5, 5.41) is 15.8. The standard InChI is InChI=1S/C28H25ClF3N3O8/c1-14-8-18(30)25(32)26(24(14)31)42-13-21(36)19(10-23(37)38)33-27(39)15-11-35(6-7-41-12-15)28(40)20-9-22(43-34-20)16-4-2-3-5-17(16)29/h2-5,8-9,15,19H,6-7,10-13H2,1H3,(H,33,39)(H,37,38)/t15-,19-/m0/s1. The van der Waals surface area contributed by atoms with Crippen molar-refractivity contribution >= 4 is 35.2 Å². The quantitative estimate of drug-likeness (QED) is 0.324. The molecule has 1 saturated heterocycles. The summed E-state index contributed by atoms with van der Waals surface area (Å²) >= 11 is 6.18. The number of benzene rings is 2. The van der Waals surface area contributed by atoms with Gasteiger partial charge in [-0.1, -0.05) is 28.9 Å². The van der Waals surface area contributed by atoms with Crippen molar-refractivity contribution in [2.75, 3.05) is 32.9 Å². The molecule has 2 atom stereocenters. The normalized spacial score (nSPS) is 15.8. The molecule has 2 amide bonds. The van der Waals surface area contributed by atoms with E-state index >= 15 is 0 Å². The number of aliphatic carboxylic acids is 1. The Morgan fingerprint density at radius 2 is 1.93 bits per heavy atom. The van der Waals surface area contributed by atoms with Crippen molar-refractivity contribution in [3.8, 4) is 17.1 Å². The van der Waals surface area contributed by atoms with Gasteiger partial charge in [-0.05, 0) is 30.7 Å². The number of aromatic nitrogens is 1. The van der Waals surface area contributed by atoms with Gasteiger partial charge in [0.1, 0.15) is 12.6 Å². The van der Waals surface area contributed by atoms with Gasteiger partial charge in [-0.2, -0.15) is 4.39 Å². The fourth-order valence-corrected chi connectivity index (χ4v) is 4.49. The maximum atomic E-state index is 14.3. The van der Waals surface area contributed by atoms with Crippen molar-refractivity contribution in [3.63, 3.8) is 0 Å². The monoisotopic (exact) mass is 623 g/mol. The SMILES string of the molecule is Cc1cc(F)c(F)c(OCC(=O)[C@H](CC(=O)O)NC(=O)[C@@H]2COCCN(C(=O)c3cc(-c4ccccc4Cl)on3)C2)c1F. The maximum Gasteiger partial charge on any atom is 0.305 e. The summed E-state index contributed by atoms with van der Waals surface area (Å²) in [5.74, 6) is -10.2. The molecule has 0 bridgehead atoms. The van der Waals surface area contributed by atoms with Gasteiger partial charge in [-0.3, -0.25) is 19.2 Å². The van der Waals surface area contributed by atoms with Gasteiger partial charge in [0.2, 0.25) is 11.7 Å². The lowest BCUT2D eigenvalue weighted by atomic mass is 10.1. The van der Waals surface area contributed by atoms with Crippen LogP contribution in [0.25, 0.3) is 11.3 Å². The minimum atomic E-state index is -1.67. The summed E-state index contributed by atoms with van der Waals surface area (Å²) in [6, 6.07) is 7.12. The predicted octanol–water partition coefficient (Wildman–Crippen LogP) is 3.42. The van der Waals surface area contributed by atoms with E-state index in [0.29, 0.717) is 16.7 Å². The molecule has 0 unspecified atom stereocenters. The first-order valence-electron chi connectivity index (χ1n) is 12.9. The molecule has 43 heavy (non-hydrogen) atoms. The summed E-state index contributed by atoms with van der Waals surface area (Å²) < 4.78 is 57.6. The number of hydrogen-bond donors (Lipinski definition) is 2. The van der Waals surface area contributed by atoms with Crippen LogP contribution in [0.1, 0.15) is 22.5 Å². The van der Waals surface area contributed by atoms with Crippen LogP contribution in [0.15, 0.2) is 40.9 Å². The second-order valence-corrected chi connectivity index (χ2v) is 10.0. The average molecular weight is 624 g/mol. The molecule has 2 heterocycles. The van der Waals surface area contributed by atoms with Crippen molar-refractivity contribution in [1.29, 1.82) is 0 Å². The van der Waals surface area contributed by atoms with Gasteiger partial charge in [-0.15, -0.1) is 0 Å². The Balaban J connectivity index is 1.43. The van der Waals surface area contributed by atoms with E-state index in [1.54, 1.807) is 24.3 Å². The Hall–Kier alpha value is -4.43. The third-order valence-corrected chi connectivity index (χ3v) is 6.86. The first-order valence-corrected chi connectivity index (χ1v) is 13.2. The third kappa shape index (κ3) is 7.51. The number of nitrogens with one attached hydrogen (secondary N) is 1. The second-order valence-electron chi connectivity index (χ2n) is 9.63. The van der Waals surface area contributed by atoms with Crippen molar-refractivity contribution < 1.29 is 51.5 Å².